The first-order valence-corrected chi connectivity index (χ1v) is 13.4. The number of likely N-dealkylation sites (tertiary alicyclic amines) is 1. The van der Waals surface area contributed by atoms with Crippen molar-refractivity contribution in [2.24, 2.45) is 7.05 Å². The van der Waals surface area contributed by atoms with Crippen LogP contribution in [0.3, 0.4) is 0 Å². The molecule has 4 aromatic rings. The summed E-state index contributed by atoms with van der Waals surface area (Å²) in [5, 5.41) is 5.58. The zero-order valence-electron chi connectivity index (χ0n) is 23.2. The summed E-state index contributed by atoms with van der Waals surface area (Å²) in [5.41, 5.74) is 3.80. The molecule has 0 aliphatic carbocycles. The number of fused-ring (bicyclic) bond motifs is 1. The Labute approximate surface area is 228 Å². The number of aryl methyl sites for hydroxylation is 1. The van der Waals surface area contributed by atoms with E-state index in [0.717, 1.165) is 33.4 Å². The molecule has 1 saturated heterocycles. The molecule has 2 aromatic heterocycles. The number of piperidine rings is 1. The van der Waals surface area contributed by atoms with E-state index in [0.29, 0.717) is 44.0 Å². The van der Waals surface area contributed by atoms with E-state index in [2.05, 4.69) is 9.97 Å². The van der Waals surface area contributed by atoms with E-state index in [1.807, 2.05) is 83.4 Å². The predicted octanol–water partition coefficient (Wildman–Crippen LogP) is 5.87. The smallest absolute Gasteiger partial charge is 0.410 e. The number of ether oxygens (including phenoxy) is 3. The number of rotatable bonds is 6. The van der Waals surface area contributed by atoms with Crippen LogP contribution in [0.25, 0.3) is 33.4 Å². The maximum Gasteiger partial charge on any atom is 0.410 e. The van der Waals surface area contributed by atoms with E-state index in [4.69, 9.17) is 19.3 Å². The van der Waals surface area contributed by atoms with Crippen molar-refractivity contribution in [1.82, 2.24) is 24.6 Å². The van der Waals surface area contributed by atoms with Crippen LogP contribution in [0.5, 0.6) is 11.5 Å². The topological polar surface area (TPSA) is 91.6 Å². The maximum atomic E-state index is 12.5. The lowest BCUT2D eigenvalue weighted by molar-refractivity contribution is 0.0124. The average molecular weight is 530 g/mol. The Bertz CT molecular complexity index is 1450. The highest BCUT2D eigenvalue weighted by atomic mass is 16.6. The molecule has 2 aromatic carbocycles. The van der Waals surface area contributed by atoms with Gasteiger partial charge in [0.1, 0.15) is 23.7 Å². The van der Waals surface area contributed by atoms with Gasteiger partial charge in [-0.15, -0.1) is 0 Å². The minimum atomic E-state index is -0.518. The van der Waals surface area contributed by atoms with Crippen LogP contribution in [0.15, 0.2) is 55.0 Å². The van der Waals surface area contributed by atoms with Gasteiger partial charge in [0.15, 0.2) is 11.5 Å². The summed E-state index contributed by atoms with van der Waals surface area (Å²) in [5.74, 6) is 1.28. The van der Waals surface area contributed by atoms with E-state index in [-0.39, 0.29) is 12.2 Å². The number of hydrogen-bond acceptors (Lipinski definition) is 7. The molecule has 204 valence electrons. The Morgan fingerprint density at radius 2 is 1.77 bits per heavy atom. The van der Waals surface area contributed by atoms with Crippen LogP contribution in [0.1, 0.15) is 40.5 Å². The van der Waals surface area contributed by atoms with Gasteiger partial charge in [-0.05, 0) is 33.8 Å². The van der Waals surface area contributed by atoms with E-state index in [9.17, 15) is 4.79 Å². The Morgan fingerprint density at radius 1 is 1.03 bits per heavy atom. The van der Waals surface area contributed by atoms with Crippen LogP contribution in [0, 0.1) is 0 Å². The summed E-state index contributed by atoms with van der Waals surface area (Å²) in [6, 6.07) is 14.0. The van der Waals surface area contributed by atoms with Crippen LogP contribution in [0.2, 0.25) is 0 Å². The summed E-state index contributed by atoms with van der Waals surface area (Å²) in [6.07, 6.45) is 4.60. The SMILES string of the molecule is CCOc1cc2ncnc(-c3cn(C)nc3-c3ccccc3)c2cc1OC1CCN(C(=O)OC(C)(C)C)CC1. The summed E-state index contributed by atoms with van der Waals surface area (Å²) in [7, 11) is 1.91. The standard InChI is InChI=1S/C30H35N5O4/c1-6-37-25-17-24-22(16-26(25)38-21-12-14-35(15-13-21)29(36)39-30(2,3)4)28(32-19-31-24)23-18-34(5)33-27(23)20-10-8-7-9-11-20/h7-11,16-19,21H,6,12-15H2,1-5H3. The number of carbonyl (C=O) groups is 1. The Balaban J connectivity index is 1.45. The fourth-order valence-electron chi connectivity index (χ4n) is 4.77. The second-order valence-electron chi connectivity index (χ2n) is 10.7. The number of aromatic nitrogens is 4. The molecule has 3 heterocycles. The summed E-state index contributed by atoms with van der Waals surface area (Å²) < 4.78 is 19.8. The fourth-order valence-corrected chi connectivity index (χ4v) is 4.77. The van der Waals surface area contributed by atoms with Crippen molar-refractivity contribution in [3.05, 3.63) is 55.0 Å². The quantitative estimate of drug-likeness (QED) is 0.308. The molecule has 9 heteroatoms. The molecule has 0 unspecified atom stereocenters. The van der Waals surface area contributed by atoms with Gasteiger partial charge in [0, 0.05) is 61.8 Å². The lowest BCUT2D eigenvalue weighted by Gasteiger charge is -2.33. The van der Waals surface area contributed by atoms with Crippen molar-refractivity contribution in [1.29, 1.82) is 0 Å². The predicted molar refractivity (Wildman–Crippen MR) is 150 cm³/mol. The summed E-state index contributed by atoms with van der Waals surface area (Å²) in [6.45, 7) is 9.22. The zero-order chi connectivity index (χ0) is 27.6. The van der Waals surface area contributed by atoms with Gasteiger partial charge in [-0.25, -0.2) is 14.8 Å². The van der Waals surface area contributed by atoms with E-state index < -0.39 is 5.60 Å². The molecule has 0 saturated carbocycles. The van der Waals surface area contributed by atoms with Gasteiger partial charge in [-0.3, -0.25) is 4.68 Å². The van der Waals surface area contributed by atoms with Crippen LogP contribution < -0.4 is 9.47 Å². The zero-order valence-corrected chi connectivity index (χ0v) is 23.2. The molecule has 1 aliphatic heterocycles. The van der Waals surface area contributed by atoms with Crippen molar-refractivity contribution in [2.75, 3.05) is 19.7 Å². The molecule has 9 nitrogen and oxygen atoms in total. The first kappa shape index (κ1) is 26.5. The first-order chi connectivity index (χ1) is 18.7. The number of carbonyl (C=O) groups excluding carboxylic acids is 1. The van der Waals surface area contributed by atoms with E-state index in [1.165, 1.54) is 0 Å². The molecule has 1 fully saturated rings. The molecule has 0 spiro atoms. The molecule has 0 atom stereocenters. The molecule has 39 heavy (non-hydrogen) atoms. The van der Waals surface area contributed by atoms with E-state index in [1.54, 1.807) is 15.9 Å². The second-order valence-corrected chi connectivity index (χ2v) is 10.7. The molecule has 1 amide bonds. The fraction of sp³-hybridized carbons (Fsp3) is 0.400. The van der Waals surface area contributed by atoms with Gasteiger partial charge in [0.05, 0.1) is 17.8 Å². The summed E-state index contributed by atoms with van der Waals surface area (Å²) >= 11 is 0. The molecule has 5 rings (SSSR count). The van der Waals surface area contributed by atoms with E-state index >= 15 is 0 Å². The lowest BCUT2D eigenvalue weighted by atomic mass is 10.0. The van der Waals surface area contributed by atoms with Gasteiger partial charge in [0.25, 0.3) is 0 Å². The number of hydrogen-bond donors (Lipinski definition) is 0. The first-order valence-electron chi connectivity index (χ1n) is 13.4. The van der Waals surface area contributed by atoms with Gasteiger partial charge < -0.3 is 19.1 Å². The van der Waals surface area contributed by atoms with Gasteiger partial charge in [-0.1, -0.05) is 30.3 Å². The van der Waals surface area contributed by atoms with Crippen LogP contribution in [0.4, 0.5) is 4.79 Å². The lowest BCUT2D eigenvalue weighted by Crippen LogP contribution is -2.44. The normalized spacial score (nSPS) is 14.4. The molecule has 1 aliphatic rings. The third-order valence-electron chi connectivity index (χ3n) is 6.52. The number of amides is 1. The van der Waals surface area contributed by atoms with Crippen LogP contribution >= 0.6 is 0 Å². The highest BCUT2D eigenvalue weighted by Crippen LogP contribution is 2.39. The van der Waals surface area contributed by atoms with Crippen molar-refractivity contribution >= 4 is 17.0 Å². The average Bonchev–Trinajstić information content (AvgIpc) is 3.30. The van der Waals surface area contributed by atoms with Gasteiger partial charge >= 0.3 is 6.09 Å². The van der Waals surface area contributed by atoms with Crippen molar-refractivity contribution in [3.63, 3.8) is 0 Å². The highest BCUT2D eigenvalue weighted by molar-refractivity contribution is 5.97. The van der Waals surface area contributed by atoms with Crippen molar-refractivity contribution in [3.8, 4) is 34.0 Å². The third-order valence-corrected chi connectivity index (χ3v) is 6.52. The van der Waals surface area contributed by atoms with Crippen molar-refractivity contribution < 1.29 is 19.0 Å². The second kappa shape index (κ2) is 10.9. The Morgan fingerprint density at radius 3 is 2.46 bits per heavy atom. The minimum absolute atomic E-state index is 0.0632. The summed E-state index contributed by atoms with van der Waals surface area (Å²) in [4.78, 5) is 23.4. The minimum Gasteiger partial charge on any atom is -0.490 e. The Hall–Kier alpha value is -4.14. The molecule has 0 radical (unpaired) electrons. The third kappa shape index (κ3) is 5.97. The maximum absolute atomic E-state index is 12.5. The monoisotopic (exact) mass is 529 g/mol. The van der Waals surface area contributed by atoms with Crippen LogP contribution in [-0.4, -0.2) is 62.1 Å². The van der Waals surface area contributed by atoms with Crippen molar-refractivity contribution in [2.45, 2.75) is 52.2 Å². The highest BCUT2D eigenvalue weighted by Gasteiger charge is 2.28. The molecule has 0 N–H and O–H groups in total. The number of benzene rings is 2. The largest absolute Gasteiger partial charge is 0.490 e. The Kier molecular flexibility index (Phi) is 7.41. The molecular weight excluding hydrogens is 494 g/mol. The molecule has 0 bridgehead atoms. The van der Waals surface area contributed by atoms with Crippen LogP contribution in [-0.2, 0) is 11.8 Å². The molecular formula is C30H35N5O4. The number of nitrogens with zero attached hydrogens (tertiary/aromatic N) is 5. The van der Waals surface area contributed by atoms with Gasteiger partial charge in [-0.2, -0.15) is 5.10 Å². The van der Waals surface area contributed by atoms with Gasteiger partial charge in [0.2, 0.25) is 0 Å².